The van der Waals surface area contributed by atoms with Crippen molar-refractivity contribution >= 4 is 12.2 Å². The number of aliphatic hydroxyl groups is 1. The van der Waals surface area contributed by atoms with Gasteiger partial charge in [-0.2, -0.15) is 0 Å². The van der Waals surface area contributed by atoms with E-state index in [1.807, 2.05) is 54.6 Å². The molecule has 3 N–H and O–H groups in total. The number of aromatic amines is 2. The molecule has 0 aliphatic rings. The van der Waals surface area contributed by atoms with E-state index in [1.54, 1.807) is 6.20 Å². The number of hydrogen-bond donors (Lipinski definition) is 3. The van der Waals surface area contributed by atoms with Gasteiger partial charge >= 0.3 is 0 Å². The number of hydrogen-bond acceptors (Lipinski definition) is 3. The molecule has 0 radical (unpaired) electrons. The molecule has 0 aliphatic carbocycles. The van der Waals surface area contributed by atoms with Gasteiger partial charge in [-0.05, 0) is 29.4 Å². The van der Waals surface area contributed by atoms with E-state index in [0.29, 0.717) is 24.2 Å². The van der Waals surface area contributed by atoms with Crippen LogP contribution in [0.3, 0.4) is 0 Å². The van der Waals surface area contributed by atoms with E-state index >= 15 is 0 Å². The summed E-state index contributed by atoms with van der Waals surface area (Å²) in [7, 11) is 0. The second kappa shape index (κ2) is 7.95. The maximum absolute atomic E-state index is 10.4. The number of aromatic nitrogens is 2. The number of aliphatic hydroxyl groups excluding tert-OH is 1. The molecule has 124 valence electrons. The lowest BCUT2D eigenvalue weighted by Crippen LogP contribution is -2.15. The lowest BCUT2D eigenvalue weighted by molar-refractivity contribution is 0.172. The topological polar surface area (TPSA) is 61.0 Å². The van der Waals surface area contributed by atoms with E-state index in [1.165, 1.54) is 0 Å². The fourth-order valence-electron chi connectivity index (χ4n) is 2.61. The van der Waals surface area contributed by atoms with Crippen molar-refractivity contribution in [2.45, 2.75) is 25.6 Å². The Hall–Kier alpha value is -2.37. The molecule has 0 saturated carbocycles. The Morgan fingerprint density at radius 2 is 1.75 bits per heavy atom. The zero-order valence-electron chi connectivity index (χ0n) is 13.2. The highest BCUT2D eigenvalue weighted by atomic mass is 32.1. The van der Waals surface area contributed by atoms with Crippen LogP contribution in [0.4, 0.5) is 0 Å². The van der Waals surface area contributed by atoms with Crippen LogP contribution in [-0.4, -0.2) is 21.2 Å². The summed E-state index contributed by atoms with van der Waals surface area (Å²) in [5, 5.41) is 10.4. The van der Waals surface area contributed by atoms with Gasteiger partial charge in [0, 0.05) is 24.7 Å². The molecule has 0 saturated heterocycles. The molecule has 2 aromatic carbocycles. The third-order valence-electron chi connectivity index (χ3n) is 3.77. The molecule has 1 heterocycles. The number of nitrogens with one attached hydrogen (secondary N) is 2. The van der Waals surface area contributed by atoms with Crippen LogP contribution < -0.4 is 4.74 Å². The predicted molar refractivity (Wildman–Crippen MR) is 96.6 cm³/mol. The highest BCUT2D eigenvalue weighted by Gasteiger charge is 2.11. The number of imidazole rings is 1. The number of H-pyrrole nitrogens is 2. The summed E-state index contributed by atoms with van der Waals surface area (Å²) in [5.74, 6) is 0.808. The van der Waals surface area contributed by atoms with Crippen molar-refractivity contribution in [3.63, 3.8) is 0 Å². The van der Waals surface area contributed by atoms with Crippen LogP contribution in [0.2, 0.25) is 0 Å². The summed E-state index contributed by atoms with van der Waals surface area (Å²) in [6, 6.07) is 17.9. The monoisotopic (exact) mass is 340 g/mol. The quantitative estimate of drug-likeness (QED) is 0.573. The average molecular weight is 340 g/mol. The fraction of sp³-hybridized carbons (Fsp3) is 0.211. The normalized spacial score (nSPS) is 12.0. The molecular formula is C19H20N2O2S. The summed E-state index contributed by atoms with van der Waals surface area (Å²) in [4.78, 5) is 5.93. The van der Waals surface area contributed by atoms with Crippen LogP contribution >= 0.6 is 12.2 Å². The highest BCUT2D eigenvalue weighted by molar-refractivity contribution is 7.71. The van der Waals surface area contributed by atoms with Gasteiger partial charge in [0.2, 0.25) is 0 Å². The van der Waals surface area contributed by atoms with E-state index in [4.69, 9.17) is 17.0 Å². The average Bonchev–Trinajstić information content (AvgIpc) is 3.00. The third-order valence-corrected chi connectivity index (χ3v) is 3.99. The molecule has 4 nitrogen and oxygen atoms in total. The molecule has 3 aromatic rings. The number of para-hydroxylation sites is 1. The van der Waals surface area contributed by atoms with Crippen LogP contribution in [0.25, 0.3) is 0 Å². The zero-order valence-corrected chi connectivity index (χ0v) is 14.1. The van der Waals surface area contributed by atoms with Crippen molar-refractivity contribution in [1.82, 2.24) is 9.97 Å². The van der Waals surface area contributed by atoms with E-state index < -0.39 is 6.10 Å². The van der Waals surface area contributed by atoms with Gasteiger partial charge in [0.1, 0.15) is 12.4 Å². The second-order valence-electron chi connectivity index (χ2n) is 5.71. The van der Waals surface area contributed by atoms with Gasteiger partial charge in [0.15, 0.2) is 4.77 Å². The van der Waals surface area contributed by atoms with Crippen molar-refractivity contribution < 1.29 is 9.84 Å². The summed E-state index contributed by atoms with van der Waals surface area (Å²) >= 11 is 5.00. The summed E-state index contributed by atoms with van der Waals surface area (Å²) in [6.45, 7) is 0.513. The molecule has 1 aromatic heterocycles. The molecular weight excluding hydrogens is 320 g/mol. The zero-order chi connectivity index (χ0) is 16.8. The van der Waals surface area contributed by atoms with Gasteiger partial charge in [-0.25, -0.2) is 0 Å². The number of ether oxygens (including phenoxy) is 1. The second-order valence-corrected chi connectivity index (χ2v) is 6.12. The minimum absolute atomic E-state index is 0.507. The van der Waals surface area contributed by atoms with Crippen molar-refractivity contribution in [3.8, 4) is 5.75 Å². The Labute approximate surface area is 146 Å². The first-order valence-corrected chi connectivity index (χ1v) is 8.31. The predicted octanol–water partition coefficient (Wildman–Crippen LogP) is 3.80. The molecule has 0 aliphatic heterocycles. The number of benzene rings is 2. The van der Waals surface area contributed by atoms with Crippen LogP contribution in [0.15, 0.2) is 60.8 Å². The van der Waals surface area contributed by atoms with E-state index in [0.717, 1.165) is 22.6 Å². The van der Waals surface area contributed by atoms with Crippen molar-refractivity contribution in [3.05, 3.63) is 82.4 Å². The molecule has 5 heteroatoms. The minimum atomic E-state index is -0.507. The maximum Gasteiger partial charge on any atom is 0.174 e. The first-order valence-electron chi connectivity index (χ1n) is 7.90. The van der Waals surface area contributed by atoms with Gasteiger partial charge in [0.25, 0.3) is 0 Å². The Morgan fingerprint density at radius 3 is 2.50 bits per heavy atom. The molecule has 24 heavy (non-hydrogen) atoms. The third kappa shape index (κ3) is 4.57. The van der Waals surface area contributed by atoms with Gasteiger partial charge in [0.05, 0.1) is 6.10 Å². The largest absolute Gasteiger partial charge is 0.489 e. The van der Waals surface area contributed by atoms with Crippen LogP contribution in [0.5, 0.6) is 5.75 Å². The lowest BCUT2D eigenvalue weighted by atomic mass is 10.0. The summed E-state index contributed by atoms with van der Waals surface area (Å²) in [6.07, 6.45) is 2.33. The first kappa shape index (κ1) is 16.5. The summed E-state index contributed by atoms with van der Waals surface area (Å²) < 4.78 is 6.51. The molecule has 1 atom stereocenters. The van der Waals surface area contributed by atoms with Crippen molar-refractivity contribution in [2.24, 2.45) is 0 Å². The van der Waals surface area contributed by atoms with Gasteiger partial charge in [-0.15, -0.1) is 0 Å². The van der Waals surface area contributed by atoms with E-state index in [-0.39, 0.29) is 0 Å². The Kier molecular flexibility index (Phi) is 5.46. The van der Waals surface area contributed by atoms with Crippen LogP contribution in [0.1, 0.15) is 16.8 Å². The fourth-order valence-corrected chi connectivity index (χ4v) is 2.80. The SMILES string of the molecule is OC(Cc1c[nH]c(=S)[nH]1)Cc1ccccc1OCc1ccccc1. The lowest BCUT2D eigenvalue weighted by Gasteiger charge is -2.14. The molecule has 0 fully saturated rings. The Morgan fingerprint density at radius 1 is 1.00 bits per heavy atom. The minimum Gasteiger partial charge on any atom is -0.489 e. The number of rotatable bonds is 7. The summed E-state index contributed by atoms with van der Waals surface area (Å²) in [5.41, 5.74) is 3.01. The van der Waals surface area contributed by atoms with Gasteiger partial charge in [-0.1, -0.05) is 48.5 Å². The Bertz CT molecular complexity index is 826. The van der Waals surface area contributed by atoms with E-state index in [9.17, 15) is 5.11 Å². The van der Waals surface area contributed by atoms with Crippen molar-refractivity contribution in [1.29, 1.82) is 0 Å². The molecule has 0 amide bonds. The van der Waals surface area contributed by atoms with Gasteiger partial charge < -0.3 is 19.8 Å². The standard InChI is InChI=1S/C19H20N2O2S/c22-17(11-16-12-20-19(24)21-16)10-15-8-4-5-9-18(15)23-13-14-6-2-1-3-7-14/h1-9,12,17,22H,10-11,13H2,(H2,20,21,24). The van der Waals surface area contributed by atoms with Crippen LogP contribution in [0, 0.1) is 4.77 Å². The van der Waals surface area contributed by atoms with Gasteiger partial charge in [-0.3, -0.25) is 0 Å². The maximum atomic E-state index is 10.4. The van der Waals surface area contributed by atoms with Crippen LogP contribution in [-0.2, 0) is 19.4 Å². The molecule has 0 bridgehead atoms. The smallest absolute Gasteiger partial charge is 0.174 e. The van der Waals surface area contributed by atoms with Crippen molar-refractivity contribution in [2.75, 3.05) is 0 Å². The van der Waals surface area contributed by atoms with E-state index in [2.05, 4.69) is 9.97 Å². The Balaban J connectivity index is 1.64. The molecule has 1 unspecified atom stereocenters. The first-order chi connectivity index (χ1) is 11.7. The highest BCUT2D eigenvalue weighted by Crippen LogP contribution is 2.21. The molecule has 3 rings (SSSR count). The molecule has 0 spiro atoms.